The molecule has 2 saturated heterocycles. The number of rotatable bonds is 1. The van der Waals surface area contributed by atoms with Crippen molar-refractivity contribution in [3.63, 3.8) is 0 Å². The molecule has 4 nitrogen and oxygen atoms in total. The number of hydrogen-bond acceptors (Lipinski definition) is 3. The van der Waals surface area contributed by atoms with E-state index >= 15 is 0 Å². The zero-order valence-electron chi connectivity index (χ0n) is 8.95. The minimum Gasteiger partial charge on any atom is -0.306 e. The number of H-pyrrole nitrogens is 1. The third-order valence-corrected chi connectivity index (χ3v) is 3.67. The van der Waals surface area contributed by atoms with Crippen LogP contribution in [0.2, 0.25) is 0 Å². The summed E-state index contributed by atoms with van der Waals surface area (Å²) in [5.74, 6) is 0. The minimum atomic E-state index is 0.460. The van der Waals surface area contributed by atoms with E-state index < -0.39 is 0 Å². The Bertz CT molecular complexity index is 306. The average molecular weight is 206 g/mol. The maximum absolute atomic E-state index is 4.05. The molecule has 0 amide bonds. The van der Waals surface area contributed by atoms with Crippen LogP contribution in [0.1, 0.15) is 31.0 Å². The van der Waals surface area contributed by atoms with Crippen LogP contribution in [0.25, 0.3) is 0 Å². The fraction of sp³-hybridized carbons (Fsp3) is 0.727. The summed E-state index contributed by atoms with van der Waals surface area (Å²) in [5.41, 5.74) is 1.24. The third-order valence-electron chi connectivity index (χ3n) is 3.67. The SMILES string of the molecule is c1cc(C2NCCN3CCCCC23)[nH]n1. The highest BCUT2D eigenvalue weighted by atomic mass is 15.3. The molecule has 1 aromatic rings. The first kappa shape index (κ1) is 9.36. The topological polar surface area (TPSA) is 44.0 Å². The summed E-state index contributed by atoms with van der Waals surface area (Å²) in [5, 5.41) is 10.8. The van der Waals surface area contributed by atoms with Crippen LogP contribution >= 0.6 is 0 Å². The molecule has 2 aliphatic heterocycles. The van der Waals surface area contributed by atoms with Crippen LogP contribution < -0.4 is 5.32 Å². The smallest absolute Gasteiger partial charge is 0.0647 e. The first-order valence-electron chi connectivity index (χ1n) is 5.92. The number of hydrogen-bond donors (Lipinski definition) is 2. The molecule has 0 aromatic carbocycles. The van der Waals surface area contributed by atoms with E-state index in [9.17, 15) is 0 Å². The fourth-order valence-corrected chi connectivity index (χ4v) is 2.93. The lowest BCUT2D eigenvalue weighted by Gasteiger charge is -2.44. The Morgan fingerprint density at radius 1 is 1.33 bits per heavy atom. The van der Waals surface area contributed by atoms with Crippen molar-refractivity contribution < 1.29 is 0 Å². The lowest BCUT2D eigenvalue weighted by atomic mass is 9.92. The highest BCUT2D eigenvalue weighted by Crippen LogP contribution is 2.29. The normalized spacial score (nSPS) is 32.5. The molecule has 0 spiro atoms. The second-order valence-corrected chi connectivity index (χ2v) is 4.54. The van der Waals surface area contributed by atoms with Gasteiger partial charge in [0, 0.05) is 25.3 Å². The summed E-state index contributed by atoms with van der Waals surface area (Å²) in [7, 11) is 0. The molecule has 0 aliphatic carbocycles. The molecule has 1 aromatic heterocycles. The van der Waals surface area contributed by atoms with Gasteiger partial charge in [-0.05, 0) is 25.5 Å². The van der Waals surface area contributed by atoms with Crippen LogP contribution in [-0.4, -0.2) is 40.8 Å². The Balaban J connectivity index is 1.82. The molecule has 0 saturated carbocycles. The van der Waals surface area contributed by atoms with Crippen molar-refractivity contribution in [1.29, 1.82) is 0 Å². The molecule has 3 rings (SSSR count). The first-order valence-corrected chi connectivity index (χ1v) is 5.92. The number of aromatic nitrogens is 2. The van der Waals surface area contributed by atoms with Crippen molar-refractivity contribution in [2.24, 2.45) is 0 Å². The zero-order valence-corrected chi connectivity index (χ0v) is 8.95. The molecule has 2 atom stereocenters. The first-order chi connectivity index (χ1) is 7.45. The Morgan fingerprint density at radius 2 is 2.33 bits per heavy atom. The number of fused-ring (bicyclic) bond motifs is 1. The standard InChI is InChI=1S/C11H18N4/c1-2-7-15-8-6-12-11(10(15)3-1)9-4-5-13-14-9/h4-5,10-12H,1-3,6-8H2,(H,13,14). The van der Waals surface area contributed by atoms with Crippen molar-refractivity contribution in [2.45, 2.75) is 31.3 Å². The van der Waals surface area contributed by atoms with Crippen LogP contribution in [0.3, 0.4) is 0 Å². The van der Waals surface area contributed by atoms with E-state index in [1.54, 1.807) is 0 Å². The molecule has 0 bridgehead atoms. The summed E-state index contributed by atoms with van der Waals surface area (Å²) < 4.78 is 0. The van der Waals surface area contributed by atoms with Crippen molar-refractivity contribution >= 4 is 0 Å². The van der Waals surface area contributed by atoms with Crippen molar-refractivity contribution in [1.82, 2.24) is 20.4 Å². The second kappa shape index (κ2) is 3.94. The monoisotopic (exact) mass is 206 g/mol. The van der Waals surface area contributed by atoms with E-state index in [0.717, 1.165) is 6.54 Å². The lowest BCUT2D eigenvalue weighted by Crippen LogP contribution is -2.54. The Labute approximate surface area is 90.0 Å². The average Bonchev–Trinajstić information content (AvgIpc) is 2.82. The molecule has 2 fully saturated rings. The molecule has 82 valence electrons. The Kier molecular flexibility index (Phi) is 2.46. The molecule has 4 heteroatoms. The molecule has 0 radical (unpaired) electrons. The van der Waals surface area contributed by atoms with Gasteiger partial charge in [-0.2, -0.15) is 5.10 Å². The molecule has 2 N–H and O–H groups in total. The van der Waals surface area contributed by atoms with E-state index in [1.165, 1.54) is 38.0 Å². The van der Waals surface area contributed by atoms with Gasteiger partial charge >= 0.3 is 0 Å². The van der Waals surface area contributed by atoms with Gasteiger partial charge in [-0.15, -0.1) is 0 Å². The Morgan fingerprint density at radius 3 is 3.20 bits per heavy atom. The second-order valence-electron chi connectivity index (χ2n) is 4.54. The predicted molar refractivity (Wildman–Crippen MR) is 58.5 cm³/mol. The van der Waals surface area contributed by atoms with E-state index in [2.05, 4.69) is 26.5 Å². The zero-order chi connectivity index (χ0) is 10.1. The van der Waals surface area contributed by atoms with Crippen LogP contribution in [0.4, 0.5) is 0 Å². The van der Waals surface area contributed by atoms with Gasteiger partial charge in [0.15, 0.2) is 0 Å². The highest BCUT2D eigenvalue weighted by molar-refractivity contribution is 5.10. The summed E-state index contributed by atoms with van der Waals surface area (Å²) in [6.45, 7) is 3.58. The summed E-state index contributed by atoms with van der Waals surface area (Å²) >= 11 is 0. The maximum Gasteiger partial charge on any atom is 0.0647 e. The van der Waals surface area contributed by atoms with Gasteiger partial charge in [0.25, 0.3) is 0 Å². The summed E-state index contributed by atoms with van der Waals surface area (Å²) in [4.78, 5) is 2.63. The van der Waals surface area contributed by atoms with Gasteiger partial charge in [-0.3, -0.25) is 10.00 Å². The van der Waals surface area contributed by atoms with E-state index in [1.807, 2.05) is 6.20 Å². The number of nitrogens with zero attached hydrogens (tertiary/aromatic N) is 2. The van der Waals surface area contributed by atoms with Crippen LogP contribution in [0, 0.1) is 0 Å². The molecular weight excluding hydrogens is 188 g/mol. The largest absolute Gasteiger partial charge is 0.306 e. The number of piperazine rings is 1. The highest BCUT2D eigenvalue weighted by Gasteiger charge is 2.34. The summed E-state index contributed by atoms with van der Waals surface area (Å²) in [6.07, 6.45) is 5.90. The summed E-state index contributed by atoms with van der Waals surface area (Å²) in [6, 6.07) is 3.23. The van der Waals surface area contributed by atoms with Gasteiger partial charge < -0.3 is 5.32 Å². The van der Waals surface area contributed by atoms with Gasteiger partial charge in [0.05, 0.1) is 11.7 Å². The van der Waals surface area contributed by atoms with Crippen LogP contribution in [-0.2, 0) is 0 Å². The molecule has 2 unspecified atom stereocenters. The predicted octanol–water partition coefficient (Wildman–Crippen LogP) is 0.908. The molecular formula is C11H18N4. The number of piperidine rings is 1. The van der Waals surface area contributed by atoms with E-state index in [0.29, 0.717) is 12.1 Å². The van der Waals surface area contributed by atoms with Gasteiger partial charge in [0.1, 0.15) is 0 Å². The van der Waals surface area contributed by atoms with Crippen molar-refractivity contribution in [3.05, 3.63) is 18.0 Å². The van der Waals surface area contributed by atoms with Crippen LogP contribution in [0.5, 0.6) is 0 Å². The third kappa shape index (κ3) is 1.68. The minimum absolute atomic E-state index is 0.460. The van der Waals surface area contributed by atoms with Gasteiger partial charge in [0.2, 0.25) is 0 Å². The van der Waals surface area contributed by atoms with Gasteiger partial charge in [-0.1, -0.05) is 6.42 Å². The molecule has 15 heavy (non-hydrogen) atoms. The number of nitrogens with one attached hydrogen (secondary N) is 2. The van der Waals surface area contributed by atoms with E-state index in [4.69, 9.17) is 0 Å². The molecule has 2 aliphatic rings. The quantitative estimate of drug-likeness (QED) is 0.718. The Hall–Kier alpha value is -0.870. The van der Waals surface area contributed by atoms with Crippen LogP contribution in [0.15, 0.2) is 12.3 Å². The van der Waals surface area contributed by atoms with Gasteiger partial charge in [-0.25, -0.2) is 0 Å². The van der Waals surface area contributed by atoms with E-state index in [-0.39, 0.29) is 0 Å². The maximum atomic E-state index is 4.05. The van der Waals surface area contributed by atoms with Crippen molar-refractivity contribution in [2.75, 3.05) is 19.6 Å². The lowest BCUT2D eigenvalue weighted by molar-refractivity contribution is 0.0816. The van der Waals surface area contributed by atoms with Crippen molar-refractivity contribution in [3.8, 4) is 0 Å². The fourth-order valence-electron chi connectivity index (χ4n) is 2.93. The molecule has 3 heterocycles. The number of aromatic amines is 1.